The molecule has 3 rings (SSSR count). The highest BCUT2D eigenvalue weighted by molar-refractivity contribution is 5.43. The van der Waals surface area contributed by atoms with E-state index in [0.717, 1.165) is 11.1 Å². The number of hydrogen-bond acceptors (Lipinski definition) is 2. The quantitative estimate of drug-likeness (QED) is 0.882. The van der Waals surface area contributed by atoms with Gasteiger partial charge in [-0.1, -0.05) is 95.3 Å². The summed E-state index contributed by atoms with van der Waals surface area (Å²) in [4.78, 5) is 0. The van der Waals surface area contributed by atoms with Crippen LogP contribution in [0.25, 0.3) is 0 Å². The summed E-state index contributed by atoms with van der Waals surface area (Å²) in [7, 11) is 0. The van der Waals surface area contributed by atoms with Crippen molar-refractivity contribution in [3.8, 4) is 0 Å². The molecule has 2 aromatic rings. The summed E-state index contributed by atoms with van der Waals surface area (Å²) in [6.07, 6.45) is -0.731. The molecule has 0 saturated carbocycles. The largest absolute Gasteiger partial charge is 0.390 e. The van der Waals surface area contributed by atoms with E-state index in [1.54, 1.807) is 0 Å². The fraction of sp³-hybridized carbons (Fsp3) is 0.455. The minimum Gasteiger partial charge on any atom is -0.390 e. The Bertz CT molecular complexity index is 643. The Morgan fingerprint density at radius 3 is 1.62 bits per heavy atom. The molecule has 1 fully saturated rings. The third-order valence-electron chi connectivity index (χ3n) is 5.46. The van der Waals surface area contributed by atoms with Crippen LogP contribution in [0.5, 0.6) is 0 Å². The van der Waals surface area contributed by atoms with Crippen molar-refractivity contribution in [2.45, 2.75) is 52.4 Å². The molecule has 0 radical (unpaired) electrons. The fourth-order valence-corrected chi connectivity index (χ4v) is 3.94. The molecule has 1 saturated heterocycles. The zero-order valence-electron chi connectivity index (χ0n) is 15.3. The maximum atomic E-state index is 10.8. The lowest BCUT2D eigenvalue weighted by molar-refractivity contribution is -0.330. The second kappa shape index (κ2) is 5.72. The van der Waals surface area contributed by atoms with Gasteiger partial charge in [0.15, 0.2) is 0 Å². The van der Waals surface area contributed by atoms with E-state index in [4.69, 9.17) is 4.74 Å². The van der Waals surface area contributed by atoms with Gasteiger partial charge in [-0.25, -0.2) is 0 Å². The maximum absolute atomic E-state index is 10.8. The third kappa shape index (κ3) is 2.40. The van der Waals surface area contributed by atoms with Gasteiger partial charge in [0.2, 0.25) is 0 Å². The van der Waals surface area contributed by atoms with Crippen molar-refractivity contribution in [2.75, 3.05) is 0 Å². The normalized spacial score (nSPS) is 23.3. The lowest BCUT2D eigenvalue weighted by Gasteiger charge is -2.64. The third-order valence-corrected chi connectivity index (χ3v) is 5.46. The second-order valence-corrected chi connectivity index (χ2v) is 8.48. The van der Waals surface area contributed by atoms with Gasteiger partial charge in [-0.15, -0.1) is 0 Å². The van der Waals surface area contributed by atoms with Crippen molar-refractivity contribution in [3.05, 3.63) is 71.8 Å². The second-order valence-electron chi connectivity index (χ2n) is 8.48. The van der Waals surface area contributed by atoms with Crippen molar-refractivity contribution < 1.29 is 9.84 Å². The fourth-order valence-electron chi connectivity index (χ4n) is 3.94. The molecule has 0 unspecified atom stereocenters. The minimum atomic E-state index is -0.535. The molecule has 24 heavy (non-hydrogen) atoms. The number of ether oxygens (including phenoxy) is 1. The predicted octanol–water partition coefficient (Wildman–Crippen LogP) is 4.76. The first-order valence-corrected chi connectivity index (χ1v) is 8.68. The van der Waals surface area contributed by atoms with Gasteiger partial charge < -0.3 is 9.84 Å². The smallest absolute Gasteiger partial charge is 0.126 e. The number of rotatable bonds is 3. The van der Waals surface area contributed by atoms with Gasteiger partial charge >= 0.3 is 0 Å². The molecule has 0 aliphatic carbocycles. The molecule has 1 aliphatic heterocycles. The zero-order chi connectivity index (χ0) is 17.6. The molecule has 1 N–H and O–H groups in total. The van der Waals surface area contributed by atoms with Crippen LogP contribution in [0.2, 0.25) is 0 Å². The van der Waals surface area contributed by atoms with Gasteiger partial charge in [0.05, 0.1) is 12.2 Å². The molecule has 128 valence electrons. The van der Waals surface area contributed by atoms with Crippen molar-refractivity contribution in [1.82, 2.24) is 0 Å². The maximum Gasteiger partial charge on any atom is 0.126 e. The number of aliphatic hydroxyl groups is 1. The summed E-state index contributed by atoms with van der Waals surface area (Å²) in [5.41, 5.74) is 1.29. The van der Waals surface area contributed by atoms with Crippen LogP contribution in [0.15, 0.2) is 60.7 Å². The molecule has 0 spiro atoms. The Hall–Kier alpha value is -1.64. The van der Waals surface area contributed by atoms with E-state index < -0.39 is 11.7 Å². The standard InChI is InChI=1S/C22H28O2/c1-20(2,3)18(23)19-21(4,5)22(24-19,16-12-8-6-9-13-16)17-14-10-7-11-15-17/h6-15,18-19,23H,1-5H3/t18-,19-/m0/s1. The molecule has 1 aliphatic rings. The highest BCUT2D eigenvalue weighted by atomic mass is 16.6. The topological polar surface area (TPSA) is 29.5 Å². The number of hydrogen-bond donors (Lipinski definition) is 1. The Morgan fingerprint density at radius 2 is 1.29 bits per heavy atom. The first-order chi connectivity index (χ1) is 11.2. The van der Waals surface area contributed by atoms with Gasteiger partial charge in [0, 0.05) is 5.41 Å². The zero-order valence-corrected chi connectivity index (χ0v) is 15.3. The number of benzene rings is 2. The lowest BCUT2D eigenvalue weighted by Crippen LogP contribution is -2.69. The van der Waals surface area contributed by atoms with Gasteiger partial charge in [-0.2, -0.15) is 0 Å². The van der Waals surface area contributed by atoms with Crippen LogP contribution in [0.1, 0.15) is 45.7 Å². The molecular formula is C22H28O2. The van der Waals surface area contributed by atoms with Crippen LogP contribution in [0, 0.1) is 10.8 Å². The summed E-state index contributed by atoms with van der Waals surface area (Å²) in [6.45, 7) is 10.6. The summed E-state index contributed by atoms with van der Waals surface area (Å²) in [5.74, 6) is 0. The van der Waals surface area contributed by atoms with Crippen LogP contribution in [0.3, 0.4) is 0 Å². The van der Waals surface area contributed by atoms with E-state index in [1.165, 1.54) is 0 Å². The highest BCUT2D eigenvalue weighted by Gasteiger charge is 2.66. The first kappa shape index (κ1) is 17.2. The van der Waals surface area contributed by atoms with Crippen LogP contribution in [0.4, 0.5) is 0 Å². The molecule has 2 heteroatoms. The van der Waals surface area contributed by atoms with Crippen LogP contribution < -0.4 is 0 Å². The lowest BCUT2D eigenvalue weighted by atomic mass is 9.56. The first-order valence-electron chi connectivity index (χ1n) is 8.68. The molecule has 0 bridgehead atoms. The Labute approximate surface area is 145 Å². The minimum absolute atomic E-state index is 0.210. The summed E-state index contributed by atoms with van der Waals surface area (Å²) < 4.78 is 6.55. The van der Waals surface area contributed by atoms with E-state index in [0.29, 0.717) is 0 Å². The highest BCUT2D eigenvalue weighted by Crippen LogP contribution is 2.61. The van der Waals surface area contributed by atoms with Gasteiger partial charge in [-0.05, 0) is 16.5 Å². The van der Waals surface area contributed by atoms with Gasteiger partial charge in [0.25, 0.3) is 0 Å². The van der Waals surface area contributed by atoms with E-state index in [-0.39, 0.29) is 16.9 Å². The summed E-state index contributed by atoms with van der Waals surface area (Å²) >= 11 is 0. The average molecular weight is 324 g/mol. The number of aliphatic hydroxyl groups excluding tert-OH is 1. The summed E-state index contributed by atoms with van der Waals surface area (Å²) in [6, 6.07) is 20.7. The van der Waals surface area contributed by atoms with E-state index in [1.807, 2.05) is 36.4 Å². The molecule has 2 atom stereocenters. The molecule has 0 amide bonds. The van der Waals surface area contributed by atoms with E-state index >= 15 is 0 Å². The molecule has 2 aromatic carbocycles. The molecule has 2 nitrogen and oxygen atoms in total. The monoisotopic (exact) mass is 324 g/mol. The predicted molar refractivity (Wildman–Crippen MR) is 97.8 cm³/mol. The van der Waals surface area contributed by atoms with Crippen LogP contribution in [-0.2, 0) is 10.3 Å². The van der Waals surface area contributed by atoms with Crippen molar-refractivity contribution in [1.29, 1.82) is 0 Å². The molecular weight excluding hydrogens is 296 g/mol. The Morgan fingerprint density at radius 1 is 0.875 bits per heavy atom. The van der Waals surface area contributed by atoms with E-state index in [2.05, 4.69) is 58.9 Å². The van der Waals surface area contributed by atoms with Crippen LogP contribution >= 0.6 is 0 Å². The Balaban J connectivity index is 2.10. The SMILES string of the molecule is CC(C)(C)[C@@H](O)[C@@H]1OC(c2ccccc2)(c2ccccc2)C1(C)C. The molecule has 1 heterocycles. The van der Waals surface area contributed by atoms with Crippen molar-refractivity contribution in [3.63, 3.8) is 0 Å². The van der Waals surface area contributed by atoms with Gasteiger partial charge in [-0.3, -0.25) is 0 Å². The average Bonchev–Trinajstić information content (AvgIpc) is 2.55. The van der Waals surface area contributed by atoms with E-state index in [9.17, 15) is 5.11 Å². The Kier molecular flexibility index (Phi) is 4.09. The van der Waals surface area contributed by atoms with Crippen molar-refractivity contribution >= 4 is 0 Å². The van der Waals surface area contributed by atoms with Crippen molar-refractivity contribution in [2.24, 2.45) is 10.8 Å². The summed E-state index contributed by atoms with van der Waals surface area (Å²) in [5, 5.41) is 10.8. The van der Waals surface area contributed by atoms with Gasteiger partial charge in [0.1, 0.15) is 5.60 Å². The van der Waals surface area contributed by atoms with Crippen LogP contribution in [-0.4, -0.2) is 17.3 Å². The molecule has 0 aromatic heterocycles.